The van der Waals surface area contributed by atoms with Crippen molar-refractivity contribution in [3.63, 3.8) is 0 Å². The summed E-state index contributed by atoms with van der Waals surface area (Å²) in [6, 6.07) is 14.8. The van der Waals surface area contributed by atoms with E-state index in [0.29, 0.717) is 11.4 Å². The molecule has 6 heteroatoms. The molecule has 0 aliphatic rings. The van der Waals surface area contributed by atoms with Crippen molar-refractivity contribution in [1.29, 1.82) is 0 Å². The second kappa shape index (κ2) is 10.6. The molecule has 2 rings (SSSR count). The predicted octanol–water partition coefficient (Wildman–Crippen LogP) is 4.35. The maximum atomic E-state index is 11.9. The van der Waals surface area contributed by atoms with Crippen LogP contribution in [0.25, 0.3) is 0 Å². The molecule has 0 bridgehead atoms. The van der Waals surface area contributed by atoms with Crippen molar-refractivity contribution in [3.05, 3.63) is 58.6 Å². The number of hydrogen-bond donors (Lipinski definition) is 1. The summed E-state index contributed by atoms with van der Waals surface area (Å²) < 4.78 is 11.1. The highest BCUT2D eigenvalue weighted by Gasteiger charge is 2.09. The molecule has 26 heavy (non-hydrogen) atoms. The summed E-state index contributed by atoms with van der Waals surface area (Å²) >= 11 is 3.32. The van der Waals surface area contributed by atoms with Crippen LogP contribution in [0.15, 0.2) is 53.0 Å². The molecular weight excluding hydrogens is 398 g/mol. The van der Waals surface area contributed by atoms with Crippen LogP contribution in [0.2, 0.25) is 0 Å². The number of nitrogens with one attached hydrogen (secondary N) is 1. The molecule has 138 valence electrons. The number of carbonyl (C=O) groups excluding carboxylic acids is 2. The lowest BCUT2D eigenvalue weighted by Crippen LogP contribution is -2.23. The maximum absolute atomic E-state index is 11.9. The van der Waals surface area contributed by atoms with E-state index in [-0.39, 0.29) is 19.1 Å². The standard InChI is InChI=1S/C20H22BrNO4/c1-2-3-5-15-8-10-17(11-9-15)22-19(23)13-26-20(24)14-25-18-7-4-6-16(21)12-18/h4,6-12H,2-3,5,13-14H2,1H3,(H,22,23). The summed E-state index contributed by atoms with van der Waals surface area (Å²) in [6.07, 6.45) is 3.32. The Hall–Kier alpha value is -2.34. The minimum Gasteiger partial charge on any atom is -0.482 e. The highest BCUT2D eigenvalue weighted by Crippen LogP contribution is 2.17. The number of ether oxygens (including phenoxy) is 2. The number of hydrogen-bond acceptors (Lipinski definition) is 4. The zero-order valence-electron chi connectivity index (χ0n) is 14.7. The maximum Gasteiger partial charge on any atom is 0.344 e. The summed E-state index contributed by atoms with van der Waals surface area (Å²) in [6.45, 7) is 1.55. The first kappa shape index (κ1) is 20.0. The fourth-order valence-corrected chi connectivity index (χ4v) is 2.60. The molecule has 0 spiro atoms. The van der Waals surface area contributed by atoms with Crippen molar-refractivity contribution in [2.75, 3.05) is 18.5 Å². The van der Waals surface area contributed by atoms with E-state index in [9.17, 15) is 9.59 Å². The molecule has 1 N–H and O–H groups in total. The molecule has 0 aromatic heterocycles. The van der Waals surface area contributed by atoms with Crippen LogP contribution < -0.4 is 10.1 Å². The van der Waals surface area contributed by atoms with Gasteiger partial charge in [-0.25, -0.2) is 4.79 Å². The van der Waals surface area contributed by atoms with Crippen LogP contribution in [0.4, 0.5) is 5.69 Å². The molecule has 0 saturated heterocycles. The first-order chi connectivity index (χ1) is 12.6. The molecular formula is C20H22BrNO4. The number of amides is 1. The lowest BCUT2D eigenvalue weighted by molar-refractivity contribution is -0.149. The number of halogens is 1. The van der Waals surface area contributed by atoms with Gasteiger partial charge in [0.15, 0.2) is 13.2 Å². The molecule has 2 aromatic rings. The van der Waals surface area contributed by atoms with Crippen LogP contribution in [0, 0.1) is 0 Å². The van der Waals surface area contributed by atoms with Gasteiger partial charge < -0.3 is 14.8 Å². The molecule has 1 amide bonds. The SMILES string of the molecule is CCCCc1ccc(NC(=O)COC(=O)COc2cccc(Br)c2)cc1. The molecule has 0 radical (unpaired) electrons. The van der Waals surface area contributed by atoms with Gasteiger partial charge in [0, 0.05) is 10.2 Å². The van der Waals surface area contributed by atoms with Gasteiger partial charge >= 0.3 is 5.97 Å². The monoisotopic (exact) mass is 419 g/mol. The van der Waals surface area contributed by atoms with Gasteiger partial charge in [-0.15, -0.1) is 0 Å². The third-order valence-electron chi connectivity index (χ3n) is 3.57. The summed E-state index contributed by atoms with van der Waals surface area (Å²) in [7, 11) is 0. The van der Waals surface area contributed by atoms with Gasteiger partial charge in [-0.2, -0.15) is 0 Å². The zero-order chi connectivity index (χ0) is 18.8. The van der Waals surface area contributed by atoms with E-state index >= 15 is 0 Å². The van der Waals surface area contributed by atoms with Gasteiger partial charge in [0.2, 0.25) is 0 Å². The van der Waals surface area contributed by atoms with Gasteiger partial charge in [-0.05, 0) is 48.7 Å². The van der Waals surface area contributed by atoms with Crippen molar-refractivity contribution in [2.24, 2.45) is 0 Å². The molecule has 0 aliphatic heterocycles. The van der Waals surface area contributed by atoms with Crippen LogP contribution >= 0.6 is 15.9 Å². The Bertz CT molecular complexity index is 731. The average Bonchev–Trinajstić information content (AvgIpc) is 2.64. The summed E-state index contributed by atoms with van der Waals surface area (Å²) in [5, 5.41) is 2.70. The van der Waals surface area contributed by atoms with Crippen LogP contribution in [-0.2, 0) is 20.7 Å². The summed E-state index contributed by atoms with van der Waals surface area (Å²) in [5.74, 6) is -0.443. The van der Waals surface area contributed by atoms with Crippen molar-refractivity contribution in [2.45, 2.75) is 26.2 Å². The molecule has 2 aromatic carbocycles. The van der Waals surface area contributed by atoms with Gasteiger partial charge in [0.05, 0.1) is 0 Å². The van der Waals surface area contributed by atoms with Crippen LogP contribution in [0.1, 0.15) is 25.3 Å². The van der Waals surface area contributed by atoms with Crippen LogP contribution in [0.5, 0.6) is 5.75 Å². The van der Waals surface area contributed by atoms with E-state index in [1.807, 2.05) is 30.3 Å². The second-order valence-electron chi connectivity index (χ2n) is 5.76. The van der Waals surface area contributed by atoms with E-state index in [0.717, 1.165) is 23.7 Å². The third kappa shape index (κ3) is 7.27. The number of unbranched alkanes of at least 4 members (excludes halogenated alkanes) is 1. The number of carbonyl (C=O) groups is 2. The molecule has 0 aliphatic carbocycles. The smallest absolute Gasteiger partial charge is 0.344 e. The van der Waals surface area contributed by atoms with E-state index in [1.165, 1.54) is 5.56 Å². The number of esters is 1. The average molecular weight is 420 g/mol. The van der Waals surface area contributed by atoms with Crippen molar-refractivity contribution >= 4 is 33.5 Å². The Balaban J connectivity index is 1.69. The van der Waals surface area contributed by atoms with E-state index < -0.39 is 5.97 Å². The predicted molar refractivity (Wildman–Crippen MR) is 104 cm³/mol. The molecule has 0 unspecified atom stereocenters. The molecule has 5 nitrogen and oxygen atoms in total. The van der Waals surface area contributed by atoms with Crippen molar-refractivity contribution in [1.82, 2.24) is 0 Å². The van der Waals surface area contributed by atoms with E-state index in [2.05, 4.69) is 28.2 Å². The summed E-state index contributed by atoms with van der Waals surface area (Å²) in [4.78, 5) is 23.5. The first-order valence-electron chi connectivity index (χ1n) is 8.49. The van der Waals surface area contributed by atoms with E-state index in [4.69, 9.17) is 9.47 Å². The van der Waals surface area contributed by atoms with Gasteiger partial charge in [0.25, 0.3) is 5.91 Å². The largest absolute Gasteiger partial charge is 0.482 e. The molecule has 0 saturated carbocycles. The summed E-state index contributed by atoms with van der Waals surface area (Å²) in [5.41, 5.74) is 1.91. The fraction of sp³-hybridized carbons (Fsp3) is 0.300. The lowest BCUT2D eigenvalue weighted by atomic mass is 10.1. The number of aryl methyl sites for hydroxylation is 1. The zero-order valence-corrected chi connectivity index (χ0v) is 16.3. The third-order valence-corrected chi connectivity index (χ3v) is 4.07. The molecule has 0 heterocycles. The topological polar surface area (TPSA) is 64.6 Å². The lowest BCUT2D eigenvalue weighted by Gasteiger charge is -2.08. The Morgan fingerprint density at radius 3 is 2.54 bits per heavy atom. The quantitative estimate of drug-likeness (QED) is 0.613. The van der Waals surface area contributed by atoms with Gasteiger partial charge in [-0.3, -0.25) is 4.79 Å². The first-order valence-corrected chi connectivity index (χ1v) is 9.29. The fourth-order valence-electron chi connectivity index (χ4n) is 2.22. The Kier molecular flexibility index (Phi) is 8.15. The van der Waals surface area contributed by atoms with Crippen LogP contribution in [-0.4, -0.2) is 25.1 Å². The van der Waals surface area contributed by atoms with Crippen molar-refractivity contribution < 1.29 is 19.1 Å². The second-order valence-corrected chi connectivity index (χ2v) is 6.67. The highest BCUT2D eigenvalue weighted by molar-refractivity contribution is 9.10. The molecule has 0 fully saturated rings. The minimum atomic E-state index is -0.602. The highest BCUT2D eigenvalue weighted by atomic mass is 79.9. The number of anilines is 1. The minimum absolute atomic E-state index is 0.254. The van der Waals surface area contributed by atoms with Gasteiger partial charge in [0.1, 0.15) is 5.75 Å². The Morgan fingerprint density at radius 2 is 1.85 bits per heavy atom. The van der Waals surface area contributed by atoms with Crippen LogP contribution in [0.3, 0.4) is 0 Å². The van der Waals surface area contributed by atoms with Gasteiger partial charge in [-0.1, -0.05) is 47.5 Å². The van der Waals surface area contributed by atoms with E-state index in [1.54, 1.807) is 18.2 Å². The normalized spacial score (nSPS) is 10.2. The Morgan fingerprint density at radius 1 is 1.08 bits per heavy atom. The Labute approximate surface area is 161 Å². The molecule has 0 atom stereocenters. The number of rotatable bonds is 9. The number of benzene rings is 2. The van der Waals surface area contributed by atoms with Crippen molar-refractivity contribution in [3.8, 4) is 5.75 Å².